The predicted octanol–water partition coefficient (Wildman–Crippen LogP) is 3.67. The van der Waals surface area contributed by atoms with Crippen LogP contribution < -0.4 is 14.8 Å². The van der Waals surface area contributed by atoms with Crippen LogP contribution in [0.2, 0.25) is 0 Å². The first-order valence-corrected chi connectivity index (χ1v) is 6.74. The summed E-state index contributed by atoms with van der Waals surface area (Å²) >= 11 is 1.54. The zero-order chi connectivity index (χ0) is 14.5. The molecule has 0 aliphatic carbocycles. The van der Waals surface area contributed by atoms with E-state index in [4.69, 9.17) is 4.74 Å². The number of aromatic nitrogens is 1. The monoisotopic (exact) mass is 300 g/mol. The van der Waals surface area contributed by atoms with Crippen LogP contribution in [0.1, 0.15) is 10.6 Å². The molecule has 0 aliphatic heterocycles. The summed E-state index contributed by atoms with van der Waals surface area (Å²) in [6, 6.07) is 4.81. The first-order chi connectivity index (χ1) is 9.60. The molecule has 20 heavy (non-hydrogen) atoms. The van der Waals surface area contributed by atoms with E-state index in [-0.39, 0.29) is 11.5 Å². The van der Waals surface area contributed by atoms with Crippen molar-refractivity contribution in [2.24, 2.45) is 0 Å². The summed E-state index contributed by atoms with van der Waals surface area (Å²) in [4.78, 5) is 5.24. The van der Waals surface area contributed by atoms with Gasteiger partial charge in [0, 0.05) is 16.6 Å². The maximum absolute atomic E-state index is 12.3. The van der Waals surface area contributed by atoms with E-state index in [1.165, 1.54) is 13.2 Å². The predicted molar refractivity (Wildman–Crippen MR) is 73.8 cm³/mol. The van der Waals surface area contributed by atoms with Crippen LogP contribution in [0.3, 0.4) is 0 Å². The largest absolute Gasteiger partial charge is 0.493 e. The van der Waals surface area contributed by atoms with E-state index in [0.29, 0.717) is 12.2 Å². The molecule has 0 saturated carbocycles. The molecule has 0 fully saturated rings. The zero-order valence-electron chi connectivity index (χ0n) is 11.0. The molecule has 0 radical (unpaired) electrons. The molecule has 7 heteroatoms. The highest BCUT2D eigenvalue weighted by Gasteiger charge is 2.11. The van der Waals surface area contributed by atoms with Gasteiger partial charge in [0.1, 0.15) is 0 Å². The molecule has 108 valence electrons. The van der Waals surface area contributed by atoms with E-state index < -0.39 is 6.61 Å². The highest BCUT2D eigenvalue weighted by Crippen LogP contribution is 2.31. The maximum Gasteiger partial charge on any atom is 0.387 e. The fourth-order valence-corrected chi connectivity index (χ4v) is 2.37. The topological polar surface area (TPSA) is 43.4 Å². The Hall–Kier alpha value is -1.89. The summed E-state index contributed by atoms with van der Waals surface area (Å²) in [7, 11) is 1.40. The van der Waals surface area contributed by atoms with E-state index >= 15 is 0 Å². The Morgan fingerprint density at radius 1 is 1.35 bits per heavy atom. The molecule has 0 amide bonds. The first kappa shape index (κ1) is 14.5. The van der Waals surface area contributed by atoms with E-state index in [0.717, 1.165) is 10.6 Å². The SMILES string of the molecule is COc1ccc(NCc2scnc2C)cc1OC(F)F. The minimum atomic E-state index is -2.89. The number of halogens is 2. The van der Waals surface area contributed by atoms with Gasteiger partial charge >= 0.3 is 6.61 Å². The van der Waals surface area contributed by atoms with Crippen LogP contribution in [0.5, 0.6) is 11.5 Å². The highest BCUT2D eigenvalue weighted by molar-refractivity contribution is 7.09. The molecule has 1 aromatic heterocycles. The molecule has 0 bridgehead atoms. The van der Waals surface area contributed by atoms with E-state index in [1.807, 2.05) is 6.92 Å². The third kappa shape index (κ3) is 3.57. The molecular formula is C13H14F2N2O2S. The van der Waals surface area contributed by atoms with Crippen molar-refractivity contribution in [1.29, 1.82) is 0 Å². The summed E-state index contributed by atoms with van der Waals surface area (Å²) in [5.41, 5.74) is 3.40. The van der Waals surface area contributed by atoms with Crippen molar-refractivity contribution < 1.29 is 18.3 Å². The van der Waals surface area contributed by atoms with Gasteiger partial charge in [0.2, 0.25) is 0 Å². The third-order valence-electron chi connectivity index (χ3n) is 2.68. The van der Waals surface area contributed by atoms with Crippen LogP contribution in [-0.4, -0.2) is 18.7 Å². The Morgan fingerprint density at radius 2 is 2.15 bits per heavy atom. The maximum atomic E-state index is 12.3. The van der Waals surface area contributed by atoms with Crippen LogP contribution in [0, 0.1) is 6.92 Å². The quantitative estimate of drug-likeness (QED) is 0.884. The molecule has 1 N–H and O–H groups in total. The Morgan fingerprint density at radius 3 is 2.75 bits per heavy atom. The second-order valence-electron chi connectivity index (χ2n) is 3.96. The molecular weight excluding hydrogens is 286 g/mol. The van der Waals surface area contributed by atoms with Gasteiger partial charge in [-0.25, -0.2) is 4.98 Å². The number of hydrogen-bond donors (Lipinski definition) is 1. The van der Waals surface area contributed by atoms with Crippen LogP contribution in [0.15, 0.2) is 23.7 Å². The Labute approximate surface area is 119 Å². The summed E-state index contributed by atoms with van der Waals surface area (Å²) < 4.78 is 34.1. The highest BCUT2D eigenvalue weighted by atomic mass is 32.1. The number of rotatable bonds is 6. The number of thiazole rings is 1. The number of aryl methyl sites for hydroxylation is 1. The van der Waals surface area contributed by atoms with Crippen LogP contribution in [-0.2, 0) is 6.54 Å². The average Bonchev–Trinajstić information content (AvgIpc) is 2.81. The van der Waals surface area contributed by atoms with E-state index in [1.54, 1.807) is 29.0 Å². The minimum absolute atomic E-state index is 0.00789. The molecule has 2 aromatic rings. The van der Waals surface area contributed by atoms with Gasteiger partial charge in [-0.1, -0.05) is 0 Å². The first-order valence-electron chi connectivity index (χ1n) is 5.86. The van der Waals surface area contributed by atoms with Crippen molar-refractivity contribution in [2.75, 3.05) is 12.4 Å². The lowest BCUT2D eigenvalue weighted by Gasteiger charge is -2.12. The lowest BCUT2D eigenvalue weighted by molar-refractivity contribution is -0.0511. The van der Waals surface area contributed by atoms with Crippen LogP contribution >= 0.6 is 11.3 Å². The minimum Gasteiger partial charge on any atom is -0.493 e. The number of alkyl halides is 2. The van der Waals surface area contributed by atoms with Gasteiger partial charge < -0.3 is 14.8 Å². The molecule has 0 aliphatic rings. The molecule has 0 atom stereocenters. The molecule has 0 saturated heterocycles. The smallest absolute Gasteiger partial charge is 0.387 e. The Kier molecular flexibility index (Phi) is 4.73. The normalized spacial score (nSPS) is 10.7. The summed E-state index contributed by atoms with van der Waals surface area (Å²) in [6.07, 6.45) is 0. The fourth-order valence-electron chi connectivity index (χ4n) is 1.65. The van der Waals surface area contributed by atoms with Crippen molar-refractivity contribution in [2.45, 2.75) is 20.1 Å². The lowest BCUT2D eigenvalue weighted by Crippen LogP contribution is -2.05. The standard InChI is InChI=1S/C13H14F2N2O2S/c1-8-12(20-7-17-8)6-16-9-3-4-10(18-2)11(5-9)19-13(14)15/h3-5,7,13,16H,6H2,1-2H3. The summed E-state index contributed by atoms with van der Waals surface area (Å²) in [6.45, 7) is -0.382. The average molecular weight is 300 g/mol. The number of anilines is 1. The summed E-state index contributed by atoms with van der Waals surface area (Å²) in [5, 5.41) is 3.14. The number of hydrogen-bond acceptors (Lipinski definition) is 5. The second-order valence-corrected chi connectivity index (χ2v) is 4.90. The van der Waals surface area contributed by atoms with Crippen molar-refractivity contribution >= 4 is 17.0 Å². The number of ether oxygens (including phenoxy) is 2. The zero-order valence-corrected chi connectivity index (χ0v) is 11.8. The number of benzene rings is 1. The lowest BCUT2D eigenvalue weighted by atomic mass is 10.2. The van der Waals surface area contributed by atoms with Gasteiger partial charge in [-0.3, -0.25) is 0 Å². The van der Waals surface area contributed by atoms with Gasteiger partial charge in [0.15, 0.2) is 11.5 Å². The van der Waals surface area contributed by atoms with Gasteiger partial charge in [-0.2, -0.15) is 8.78 Å². The van der Waals surface area contributed by atoms with Crippen molar-refractivity contribution in [1.82, 2.24) is 4.98 Å². The van der Waals surface area contributed by atoms with E-state index in [2.05, 4.69) is 15.0 Å². The van der Waals surface area contributed by atoms with Crippen LogP contribution in [0.4, 0.5) is 14.5 Å². The third-order valence-corrected chi connectivity index (χ3v) is 3.61. The van der Waals surface area contributed by atoms with Gasteiger partial charge in [0.05, 0.1) is 24.9 Å². The van der Waals surface area contributed by atoms with Gasteiger partial charge in [-0.15, -0.1) is 11.3 Å². The molecule has 1 heterocycles. The Bertz CT molecular complexity index is 575. The molecule has 0 spiro atoms. The molecule has 2 rings (SSSR count). The number of nitrogens with zero attached hydrogens (tertiary/aromatic N) is 1. The second kappa shape index (κ2) is 6.51. The number of nitrogens with one attached hydrogen (secondary N) is 1. The van der Waals surface area contributed by atoms with Gasteiger partial charge in [0.25, 0.3) is 0 Å². The van der Waals surface area contributed by atoms with Crippen molar-refractivity contribution in [3.8, 4) is 11.5 Å². The van der Waals surface area contributed by atoms with Gasteiger partial charge in [-0.05, 0) is 19.1 Å². The molecule has 4 nitrogen and oxygen atoms in total. The summed E-state index contributed by atoms with van der Waals surface area (Å²) in [5.74, 6) is 0.276. The fraction of sp³-hybridized carbons (Fsp3) is 0.308. The molecule has 0 unspecified atom stereocenters. The number of methoxy groups -OCH3 is 1. The molecule has 1 aromatic carbocycles. The van der Waals surface area contributed by atoms with Crippen molar-refractivity contribution in [3.05, 3.63) is 34.3 Å². The Balaban J connectivity index is 2.10. The van der Waals surface area contributed by atoms with Crippen LogP contribution in [0.25, 0.3) is 0 Å². The van der Waals surface area contributed by atoms with Crippen molar-refractivity contribution in [3.63, 3.8) is 0 Å². The van der Waals surface area contributed by atoms with E-state index in [9.17, 15) is 8.78 Å².